The molecule has 0 aliphatic carbocycles. The van der Waals surface area contributed by atoms with Gasteiger partial charge in [0, 0.05) is 13.1 Å². The van der Waals surface area contributed by atoms with Crippen molar-refractivity contribution in [3.05, 3.63) is 65.2 Å². The maximum Gasteiger partial charge on any atom is 0.240 e. The lowest BCUT2D eigenvalue weighted by molar-refractivity contribution is -0.129. The predicted octanol–water partition coefficient (Wildman–Crippen LogP) is 3.73. The average molecular weight is 394 g/mol. The molecule has 1 aliphatic heterocycles. The number of carbonyl (C=O) groups is 1. The summed E-state index contributed by atoms with van der Waals surface area (Å²) in [6, 6.07) is 16.1. The van der Waals surface area contributed by atoms with Gasteiger partial charge in [-0.25, -0.2) is 0 Å². The number of hydrogen-bond acceptors (Lipinski definition) is 5. The van der Waals surface area contributed by atoms with Crippen molar-refractivity contribution >= 4 is 17.7 Å². The van der Waals surface area contributed by atoms with Crippen molar-refractivity contribution in [2.45, 2.75) is 37.1 Å². The van der Waals surface area contributed by atoms with Gasteiger partial charge in [0.05, 0.1) is 5.69 Å². The fraction of sp³-hybridized carbons (Fsp3) is 0.333. The molecule has 2 aromatic carbocycles. The lowest BCUT2D eigenvalue weighted by atomic mass is 10.1. The molecule has 0 spiro atoms. The van der Waals surface area contributed by atoms with Crippen molar-refractivity contribution in [1.29, 1.82) is 0 Å². The molecule has 4 rings (SSSR count). The molecule has 0 radical (unpaired) electrons. The second-order valence-corrected chi connectivity index (χ2v) is 8.23. The molecule has 1 aromatic heterocycles. The molecule has 6 nitrogen and oxygen atoms in total. The van der Waals surface area contributed by atoms with Gasteiger partial charge < -0.3 is 4.90 Å². The highest BCUT2D eigenvalue weighted by atomic mass is 32.2. The number of aromatic nitrogens is 4. The maximum absolute atomic E-state index is 13.3. The molecule has 0 bridgehead atoms. The van der Waals surface area contributed by atoms with E-state index in [-0.39, 0.29) is 11.2 Å². The van der Waals surface area contributed by atoms with Crippen molar-refractivity contribution < 1.29 is 4.79 Å². The fourth-order valence-electron chi connectivity index (χ4n) is 3.58. The SMILES string of the molecule is Cc1cc(C)cc(-n2nnnc2SC(C(=O)N2CCCC2)c2ccccc2)c1. The van der Waals surface area contributed by atoms with Gasteiger partial charge in [-0.05, 0) is 65.9 Å². The topological polar surface area (TPSA) is 63.9 Å². The van der Waals surface area contributed by atoms with Crippen LogP contribution in [0, 0.1) is 13.8 Å². The molecule has 1 unspecified atom stereocenters. The Hall–Kier alpha value is -2.67. The molecule has 1 saturated heterocycles. The minimum absolute atomic E-state index is 0.128. The molecule has 2 heterocycles. The summed E-state index contributed by atoms with van der Waals surface area (Å²) < 4.78 is 1.72. The van der Waals surface area contributed by atoms with Crippen LogP contribution in [0.25, 0.3) is 5.69 Å². The first-order chi connectivity index (χ1) is 13.6. The van der Waals surface area contributed by atoms with Gasteiger partial charge in [0.2, 0.25) is 11.1 Å². The normalized spacial score (nSPS) is 15.0. The van der Waals surface area contributed by atoms with Crippen LogP contribution in [0.3, 0.4) is 0 Å². The average Bonchev–Trinajstić information content (AvgIpc) is 3.37. The van der Waals surface area contributed by atoms with Crippen LogP contribution in [-0.2, 0) is 4.79 Å². The number of benzene rings is 2. The number of amides is 1. The molecule has 1 atom stereocenters. The van der Waals surface area contributed by atoms with E-state index < -0.39 is 0 Å². The van der Waals surface area contributed by atoms with Crippen LogP contribution >= 0.6 is 11.8 Å². The van der Waals surface area contributed by atoms with Gasteiger partial charge in [-0.2, -0.15) is 4.68 Å². The molecular formula is C21H23N5OS. The zero-order valence-corrected chi connectivity index (χ0v) is 16.9. The van der Waals surface area contributed by atoms with E-state index in [9.17, 15) is 4.79 Å². The molecule has 1 fully saturated rings. The summed E-state index contributed by atoms with van der Waals surface area (Å²) in [6.07, 6.45) is 2.14. The molecule has 0 N–H and O–H groups in total. The molecule has 0 saturated carbocycles. The van der Waals surface area contributed by atoms with E-state index in [1.165, 1.54) is 11.8 Å². The smallest absolute Gasteiger partial charge is 0.240 e. The van der Waals surface area contributed by atoms with Crippen LogP contribution in [0.15, 0.2) is 53.7 Å². The summed E-state index contributed by atoms with van der Waals surface area (Å²) in [6.45, 7) is 5.75. The minimum atomic E-state index is -0.366. The zero-order valence-electron chi connectivity index (χ0n) is 16.1. The lowest BCUT2D eigenvalue weighted by Gasteiger charge is -2.22. The first kappa shape index (κ1) is 18.7. The number of likely N-dealkylation sites (tertiary alicyclic amines) is 1. The van der Waals surface area contributed by atoms with Crippen LogP contribution in [-0.4, -0.2) is 44.1 Å². The predicted molar refractivity (Wildman–Crippen MR) is 109 cm³/mol. The van der Waals surface area contributed by atoms with Gasteiger partial charge in [-0.3, -0.25) is 4.79 Å². The lowest BCUT2D eigenvalue weighted by Crippen LogP contribution is -2.31. The van der Waals surface area contributed by atoms with Crippen molar-refractivity contribution in [3.8, 4) is 5.69 Å². The first-order valence-corrected chi connectivity index (χ1v) is 10.4. The Morgan fingerprint density at radius 1 is 1.04 bits per heavy atom. The number of nitrogens with zero attached hydrogens (tertiary/aromatic N) is 5. The van der Waals surface area contributed by atoms with E-state index in [1.54, 1.807) is 4.68 Å². The Labute approximate surface area is 168 Å². The second kappa shape index (κ2) is 8.14. The number of hydrogen-bond donors (Lipinski definition) is 0. The Morgan fingerprint density at radius 2 is 1.71 bits per heavy atom. The van der Waals surface area contributed by atoms with Crippen molar-refractivity contribution in [2.24, 2.45) is 0 Å². The fourth-order valence-corrected chi connectivity index (χ4v) is 4.66. The highest BCUT2D eigenvalue weighted by Gasteiger charge is 2.30. The summed E-state index contributed by atoms with van der Waals surface area (Å²) in [5.41, 5.74) is 4.17. The molecular weight excluding hydrogens is 370 g/mol. The van der Waals surface area contributed by atoms with Gasteiger partial charge in [0.25, 0.3) is 0 Å². The standard InChI is InChI=1S/C21H23N5OS/c1-15-12-16(2)14-18(13-15)26-21(22-23-24-26)28-19(17-8-4-3-5-9-17)20(27)25-10-6-7-11-25/h3-5,8-9,12-14,19H,6-7,10-11H2,1-2H3. The molecule has 7 heteroatoms. The van der Waals surface area contributed by atoms with Gasteiger partial charge in [-0.1, -0.05) is 48.2 Å². The van der Waals surface area contributed by atoms with Gasteiger partial charge in [0.1, 0.15) is 5.25 Å². The number of rotatable bonds is 5. The highest BCUT2D eigenvalue weighted by Crippen LogP contribution is 2.37. The van der Waals surface area contributed by atoms with E-state index >= 15 is 0 Å². The number of tetrazole rings is 1. The summed E-state index contributed by atoms with van der Waals surface area (Å²) in [4.78, 5) is 15.2. The van der Waals surface area contributed by atoms with Gasteiger partial charge >= 0.3 is 0 Å². The third-order valence-corrected chi connectivity index (χ3v) is 6.03. The van der Waals surface area contributed by atoms with Crippen LogP contribution in [0.1, 0.15) is 34.8 Å². The quantitative estimate of drug-likeness (QED) is 0.618. The Morgan fingerprint density at radius 3 is 2.39 bits per heavy atom. The Bertz CT molecular complexity index is 946. The van der Waals surface area contributed by atoms with E-state index in [2.05, 4.69) is 35.4 Å². The third-order valence-electron chi connectivity index (χ3n) is 4.86. The van der Waals surface area contributed by atoms with E-state index in [0.29, 0.717) is 5.16 Å². The van der Waals surface area contributed by atoms with E-state index in [1.807, 2.05) is 47.4 Å². The molecule has 3 aromatic rings. The monoisotopic (exact) mass is 393 g/mol. The van der Waals surface area contributed by atoms with Crippen molar-refractivity contribution in [1.82, 2.24) is 25.1 Å². The van der Waals surface area contributed by atoms with Gasteiger partial charge in [-0.15, -0.1) is 5.10 Å². The number of carbonyl (C=O) groups excluding carboxylic acids is 1. The molecule has 1 amide bonds. The van der Waals surface area contributed by atoms with Crippen LogP contribution < -0.4 is 0 Å². The molecule has 1 aliphatic rings. The summed E-state index contributed by atoms with van der Waals surface area (Å²) in [7, 11) is 0. The Balaban J connectivity index is 1.68. The minimum Gasteiger partial charge on any atom is -0.341 e. The maximum atomic E-state index is 13.3. The first-order valence-electron chi connectivity index (χ1n) is 9.49. The molecule has 144 valence electrons. The highest BCUT2D eigenvalue weighted by molar-refractivity contribution is 8.00. The van der Waals surface area contributed by atoms with Crippen molar-refractivity contribution in [2.75, 3.05) is 13.1 Å². The summed E-state index contributed by atoms with van der Waals surface area (Å²) in [5.74, 6) is 0.128. The number of aryl methyl sites for hydroxylation is 2. The van der Waals surface area contributed by atoms with E-state index in [0.717, 1.165) is 48.3 Å². The largest absolute Gasteiger partial charge is 0.341 e. The van der Waals surface area contributed by atoms with Crippen LogP contribution in [0.2, 0.25) is 0 Å². The second-order valence-electron chi connectivity index (χ2n) is 7.16. The zero-order chi connectivity index (χ0) is 19.5. The van der Waals surface area contributed by atoms with Crippen LogP contribution in [0.4, 0.5) is 0 Å². The summed E-state index contributed by atoms with van der Waals surface area (Å²) >= 11 is 1.41. The molecule has 28 heavy (non-hydrogen) atoms. The van der Waals surface area contributed by atoms with Crippen LogP contribution in [0.5, 0.6) is 0 Å². The Kier molecular flexibility index (Phi) is 5.43. The third kappa shape index (κ3) is 3.94. The van der Waals surface area contributed by atoms with Crippen molar-refractivity contribution in [3.63, 3.8) is 0 Å². The summed E-state index contributed by atoms with van der Waals surface area (Å²) in [5, 5.41) is 12.5. The number of thioether (sulfide) groups is 1. The van der Waals surface area contributed by atoms with Gasteiger partial charge in [0.15, 0.2) is 0 Å². The van der Waals surface area contributed by atoms with E-state index in [4.69, 9.17) is 0 Å².